The zero-order valence-electron chi connectivity index (χ0n) is 7.48. The van der Waals surface area contributed by atoms with E-state index in [0.717, 1.165) is 24.1 Å². The Bertz CT molecular complexity index is 367. The number of halogens is 5. The molecule has 0 bridgehead atoms. The Kier molecular flexibility index (Phi) is 2.66. The van der Waals surface area contributed by atoms with Gasteiger partial charge in [-0.05, 0) is 24.1 Å². The smallest absolute Gasteiger partial charge is 0.166 e. The molecule has 2 rings (SSSR count). The average molecular weight is 344 g/mol. The van der Waals surface area contributed by atoms with Crippen LogP contribution in [-0.2, 0) is 6.18 Å². The zero-order chi connectivity index (χ0) is 11.3. The molecule has 1 atom stereocenters. The summed E-state index contributed by atoms with van der Waals surface area (Å²) in [7, 11) is 0. The molecule has 0 amide bonds. The maximum Gasteiger partial charge on any atom is 0.416 e. The van der Waals surface area contributed by atoms with E-state index in [1.807, 2.05) is 0 Å². The van der Waals surface area contributed by atoms with Gasteiger partial charge in [0.25, 0.3) is 0 Å². The molecule has 1 aliphatic carbocycles. The fourth-order valence-corrected chi connectivity index (χ4v) is 2.66. The molecular formula is C10H7Br2F3. The molecule has 0 aromatic heterocycles. The first kappa shape index (κ1) is 11.5. The third-order valence-corrected chi connectivity index (χ3v) is 4.22. The lowest BCUT2D eigenvalue weighted by molar-refractivity contribution is -0.137. The van der Waals surface area contributed by atoms with Crippen molar-refractivity contribution in [1.82, 2.24) is 0 Å². The third kappa shape index (κ3) is 2.38. The maximum atomic E-state index is 12.3. The van der Waals surface area contributed by atoms with Crippen molar-refractivity contribution in [3.05, 3.63) is 35.4 Å². The van der Waals surface area contributed by atoms with Gasteiger partial charge in [0.15, 0.2) is 0 Å². The van der Waals surface area contributed by atoms with E-state index in [1.165, 1.54) is 12.1 Å². The Morgan fingerprint density at radius 2 is 1.60 bits per heavy atom. The minimum Gasteiger partial charge on any atom is -0.166 e. The molecule has 1 unspecified atom stereocenters. The molecule has 1 aliphatic rings. The molecule has 0 radical (unpaired) electrons. The van der Waals surface area contributed by atoms with Crippen LogP contribution in [0.15, 0.2) is 24.3 Å². The second-order valence-corrected chi connectivity index (χ2v) is 7.53. The highest BCUT2D eigenvalue weighted by atomic mass is 79.9. The lowest BCUT2D eigenvalue weighted by Gasteiger charge is -2.07. The van der Waals surface area contributed by atoms with E-state index >= 15 is 0 Å². The van der Waals surface area contributed by atoms with Gasteiger partial charge >= 0.3 is 6.18 Å². The van der Waals surface area contributed by atoms with Gasteiger partial charge in [0.2, 0.25) is 0 Å². The largest absolute Gasteiger partial charge is 0.416 e. The van der Waals surface area contributed by atoms with E-state index in [1.54, 1.807) is 0 Å². The number of alkyl halides is 5. The minimum absolute atomic E-state index is 0.111. The highest BCUT2D eigenvalue weighted by molar-refractivity contribution is 9.25. The summed E-state index contributed by atoms with van der Waals surface area (Å²) in [6.45, 7) is 0. The molecular weight excluding hydrogens is 337 g/mol. The summed E-state index contributed by atoms with van der Waals surface area (Å²) in [6.07, 6.45) is -3.35. The molecule has 15 heavy (non-hydrogen) atoms. The van der Waals surface area contributed by atoms with Crippen molar-refractivity contribution in [3.8, 4) is 0 Å². The first-order chi connectivity index (χ1) is 6.81. The average Bonchev–Trinajstić information content (AvgIpc) is 2.74. The summed E-state index contributed by atoms with van der Waals surface area (Å²) in [5.74, 6) is 0.264. The van der Waals surface area contributed by atoms with Crippen LogP contribution in [0.1, 0.15) is 23.5 Å². The van der Waals surface area contributed by atoms with Crippen molar-refractivity contribution in [2.75, 3.05) is 0 Å². The van der Waals surface area contributed by atoms with Crippen LogP contribution < -0.4 is 0 Å². The van der Waals surface area contributed by atoms with E-state index in [2.05, 4.69) is 31.9 Å². The van der Waals surface area contributed by atoms with Gasteiger partial charge in [0.05, 0.1) is 8.80 Å². The Hall–Kier alpha value is -0.0300. The van der Waals surface area contributed by atoms with Crippen LogP contribution in [0, 0.1) is 0 Å². The van der Waals surface area contributed by atoms with Crippen LogP contribution in [0.2, 0.25) is 0 Å². The number of hydrogen-bond acceptors (Lipinski definition) is 0. The lowest BCUT2D eigenvalue weighted by atomic mass is 10.1. The fraction of sp³-hybridized carbons (Fsp3) is 0.400. The van der Waals surface area contributed by atoms with Gasteiger partial charge in [-0.15, -0.1) is 0 Å². The zero-order valence-corrected chi connectivity index (χ0v) is 10.7. The summed E-state index contributed by atoms with van der Waals surface area (Å²) in [6, 6.07) is 5.34. The van der Waals surface area contributed by atoms with Gasteiger partial charge in [0, 0.05) is 5.92 Å². The molecule has 0 saturated heterocycles. The van der Waals surface area contributed by atoms with Crippen LogP contribution in [0.3, 0.4) is 0 Å². The van der Waals surface area contributed by atoms with Crippen molar-refractivity contribution >= 4 is 31.9 Å². The quantitative estimate of drug-likeness (QED) is 0.649. The molecule has 0 heterocycles. The van der Waals surface area contributed by atoms with Gasteiger partial charge in [-0.1, -0.05) is 44.0 Å². The predicted molar refractivity (Wildman–Crippen MR) is 59.4 cm³/mol. The highest BCUT2D eigenvalue weighted by Gasteiger charge is 2.51. The molecule has 0 spiro atoms. The van der Waals surface area contributed by atoms with Crippen molar-refractivity contribution in [3.63, 3.8) is 0 Å². The first-order valence-electron chi connectivity index (χ1n) is 4.36. The Labute approximate surface area is 102 Å². The highest BCUT2D eigenvalue weighted by Crippen LogP contribution is 2.62. The van der Waals surface area contributed by atoms with Gasteiger partial charge in [-0.2, -0.15) is 13.2 Å². The summed E-state index contributed by atoms with van der Waals surface area (Å²) in [5, 5.41) is 0. The normalized spacial score (nSPS) is 23.9. The van der Waals surface area contributed by atoms with Gasteiger partial charge in [0.1, 0.15) is 0 Å². The minimum atomic E-state index is -4.25. The van der Waals surface area contributed by atoms with E-state index in [-0.39, 0.29) is 9.15 Å². The molecule has 0 nitrogen and oxygen atoms in total. The standard InChI is InChI=1S/C10H7Br2F3/c11-9(12)5-8(9)6-1-3-7(4-2-6)10(13,14)15/h1-4,8H,5H2. The van der Waals surface area contributed by atoms with Crippen LogP contribution in [-0.4, -0.2) is 3.23 Å². The molecule has 1 saturated carbocycles. The number of rotatable bonds is 1. The molecule has 1 fully saturated rings. The predicted octanol–water partition coefficient (Wildman–Crippen LogP) is 4.68. The van der Waals surface area contributed by atoms with Crippen molar-refractivity contribution in [2.45, 2.75) is 21.7 Å². The molecule has 82 valence electrons. The van der Waals surface area contributed by atoms with E-state index < -0.39 is 11.7 Å². The number of hydrogen-bond donors (Lipinski definition) is 0. The summed E-state index contributed by atoms with van der Waals surface area (Å²) < 4.78 is 36.7. The molecule has 0 aliphatic heterocycles. The Balaban J connectivity index is 2.19. The van der Waals surface area contributed by atoms with Crippen molar-refractivity contribution < 1.29 is 13.2 Å². The van der Waals surface area contributed by atoms with E-state index in [9.17, 15) is 13.2 Å². The summed E-state index contributed by atoms with van der Waals surface area (Å²) in [4.78, 5) is 0. The van der Waals surface area contributed by atoms with Crippen LogP contribution in [0.5, 0.6) is 0 Å². The second-order valence-electron chi connectivity index (χ2n) is 3.64. The Morgan fingerprint density at radius 1 is 1.13 bits per heavy atom. The van der Waals surface area contributed by atoms with Crippen LogP contribution in [0.25, 0.3) is 0 Å². The summed E-state index contributed by atoms with van der Waals surface area (Å²) >= 11 is 6.88. The Morgan fingerprint density at radius 3 is 1.93 bits per heavy atom. The van der Waals surface area contributed by atoms with Crippen LogP contribution in [0.4, 0.5) is 13.2 Å². The van der Waals surface area contributed by atoms with E-state index in [0.29, 0.717) is 0 Å². The SMILES string of the molecule is FC(F)(F)c1ccc(C2CC2(Br)Br)cc1. The second kappa shape index (κ2) is 3.48. The van der Waals surface area contributed by atoms with Crippen molar-refractivity contribution in [2.24, 2.45) is 0 Å². The topological polar surface area (TPSA) is 0 Å². The van der Waals surface area contributed by atoms with E-state index in [4.69, 9.17) is 0 Å². The lowest BCUT2D eigenvalue weighted by Crippen LogP contribution is -2.04. The molecule has 1 aromatic rings. The molecule has 0 N–H and O–H groups in total. The fourth-order valence-electron chi connectivity index (χ4n) is 1.48. The first-order valence-corrected chi connectivity index (χ1v) is 5.94. The summed E-state index contributed by atoms with van der Waals surface area (Å²) in [5.41, 5.74) is 0.332. The third-order valence-electron chi connectivity index (χ3n) is 2.47. The van der Waals surface area contributed by atoms with Gasteiger partial charge in [-0.3, -0.25) is 0 Å². The van der Waals surface area contributed by atoms with Crippen LogP contribution >= 0.6 is 31.9 Å². The number of benzene rings is 1. The maximum absolute atomic E-state index is 12.3. The van der Waals surface area contributed by atoms with Gasteiger partial charge in [-0.25, -0.2) is 0 Å². The molecule has 5 heteroatoms. The van der Waals surface area contributed by atoms with Gasteiger partial charge < -0.3 is 0 Å². The monoisotopic (exact) mass is 342 g/mol. The molecule has 1 aromatic carbocycles. The van der Waals surface area contributed by atoms with Crippen molar-refractivity contribution in [1.29, 1.82) is 0 Å².